The number of fused-ring (bicyclic) bond motifs is 1. The average Bonchev–Trinajstić information content (AvgIpc) is 2.68. The lowest BCUT2D eigenvalue weighted by Crippen LogP contribution is -2.01. The van der Waals surface area contributed by atoms with Crippen LogP contribution in [0, 0.1) is 76.2 Å². The van der Waals surface area contributed by atoms with Crippen LogP contribution < -0.4 is 0 Å². The molecule has 0 N–H and O–H groups in total. The summed E-state index contributed by atoms with van der Waals surface area (Å²) < 4.78 is 0. The fourth-order valence-corrected chi connectivity index (χ4v) is 3.69. The number of benzene rings is 1. The van der Waals surface area contributed by atoms with Crippen molar-refractivity contribution in [1.82, 2.24) is 9.97 Å². The lowest BCUT2D eigenvalue weighted by molar-refractivity contribution is 1.07. The van der Waals surface area contributed by atoms with E-state index < -0.39 is 0 Å². The second kappa shape index (κ2) is 10.0. The molecule has 2 aromatic heterocycles. The molecule has 29 heavy (non-hydrogen) atoms. The van der Waals surface area contributed by atoms with Crippen molar-refractivity contribution in [2.45, 2.75) is 90.0 Å². The quantitative estimate of drug-likeness (QED) is 0.391. The molecule has 2 heterocycles. The largest absolute Gasteiger partial charge is 0.258 e. The molecule has 158 valence electrons. The Morgan fingerprint density at radius 2 is 0.931 bits per heavy atom. The Balaban J connectivity index is 0.000000299. The highest BCUT2D eigenvalue weighted by molar-refractivity contribution is 5.91. The standard InChI is InChI=1S/C16H21N.C9H13N.C2H6/c1-8-9(2)13(6)16-15(11(8)4)12(5)10(3)14(7)17-16;1-6-5-7(2)10-9(4)8(6)3;1-2/h1-7H3;5H,1-4H3;1-2H3. The Morgan fingerprint density at radius 3 is 1.45 bits per heavy atom. The van der Waals surface area contributed by atoms with Crippen molar-refractivity contribution >= 4 is 10.9 Å². The van der Waals surface area contributed by atoms with Crippen molar-refractivity contribution in [3.05, 3.63) is 67.7 Å². The summed E-state index contributed by atoms with van der Waals surface area (Å²) in [5.74, 6) is 0. The van der Waals surface area contributed by atoms with Crippen LogP contribution in [0.2, 0.25) is 0 Å². The van der Waals surface area contributed by atoms with Gasteiger partial charge in [-0.05, 0) is 127 Å². The normalized spacial score (nSPS) is 10.2. The van der Waals surface area contributed by atoms with Crippen molar-refractivity contribution in [3.8, 4) is 0 Å². The molecular weight excluding hydrogens is 352 g/mol. The third-order valence-electron chi connectivity index (χ3n) is 6.32. The minimum absolute atomic E-state index is 1.11. The minimum atomic E-state index is 1.11. The molecule has 2 nitrogen and oxygen atoms in total. The van der Waals surface area contributed by atoms with Gasteiger partial charge in [-0.2, -0.15) is 0 Å². The maximum absolute atomic E-state index is 4.80. The average molecular weight is 393 g/mol. The smallest absolute Gasteiger partial charge is 0.0742 e. The molecule has 3 rings (SSSR count). The van der Waals surface area contributed by atoms with E-state index in [2.05, 4.69) is 80.3 Å². The summed E-state index contributed by atoms with van der Waals surface area (Å²) in [6.07, 6.45) is 0. The molecule has 0 saturated heterocycles. The molecule has 2 heteroatoms. The van der Waals surface area contributed by atoms with Gasteiger partial charge in [-0.15, -0.1) is 0 Å². The molecule has 0 aliphatic heterocycles. The number of nitrogens with zero attached hydrogens (tertiary/aromatic N) is 2. The van der Waals surface area contributed by atoms with E-state index >= 15 is 0 Å². The van der Waals surface area contributed by atoms with E-state index in [1.165, 1.54) is 55.4 Å². The number of aryl methyl sites for hydroxylation is 7. The van der Waals surface area contributed by atoms with Crippen LogP contribution >= 0.6 is 0 Å². The van der Waals surface area contributed by atoms with Crippen molar-refractivity contribution in [1.29, 1.82) is 0 Å². The van der Waals surface area contributed by atoms with Crippen LogP contribution in [0.3, 0.4) is 0 Å². The van der Waals surface area contributed by atoms with E-state index in [1.54, 1.807) is 0 Å². The molecule has 3 aromatic rings. The zero-order valence-corrected chi connectivity index (χ0v) is 21.0. The van der Waals surface area contributed by atoms with Gasteiger partial charge in [0, 0.05) is 22.5 Å². The van der Waals surface area contributed by atoms with Crippen molar-refractivity contribution in [2.75, 3.05) is 0 Å². The maximum Gasteiger partial charge on any atom is 0.0742 e. The van der Waals surface area contributed by atoms with Gasteiger partial charge in [0.2, 0.25) is 0 Å². The lowest BCUT2D eigenvalue weighted by atomic mass is 9.90. The molecule has 0 fully saturated rings. The number of hydrogen-bond donors (Lipinski definition) is 0. The Labute approximate surface area is 178 Å². The topological polar surface area (TPSA) is 25.8 Å². The SMILES string of the molecule is CC.Cc1cc(C)c(C)c(C)n1.Cc1nc2c(C)c(C)c(C)c(C)c2c(C)c1C. The molecule has 1 aromatic carbocycles. The molecule has 0 atom stereocenters. The van der Waals surface area contributed by atoms with E-state index in [-0.39, 0.29) is 0 Å². The highest BCUT2D eigenvalue weighted by Gasteiger charge is 2.14. The monoisotopic (exact) mass is 392 g/mol. The van der Waals surface area contributed by atoms with Crippen LogP contribution in [0.1, 0.15) is 75.4 Å². The van der Waals surface area contributed by atoms with Gasteiger partial charge >= 0.3 is 0 Å². The molecular formula is C27H40N2. The van der Waals surface area contributed by atoms with Crippen molar-refractivity contribution in [2.24, 2.45) is 0 Å². The predicted octanol–water partition coefficient (Wildman–Crippen LogP) is 7.74. The first-order valence-corrected chi connectivity index (χ1v) is 10.7. The molecule has 0 spiro atoms. The number of rotatable bonds is 0. The van der Waals surface area contributed by atoms with Crippen LogP contribution in [-0.4, -0.2) is 9.97 Å². The van der Waals surface area contributed by atoms with Gasteiger partial charge in [-0.1, -0.05) is 13.8 Å². The summed E-state index contributed by atoms with van der Waals surface area (Å²) in [5.41, 5.74) is 15.5. The van der Waals surface area contributed by atoms with E-state index in [0.29, 0.717) is 0 Å². The van der Waals surface area contributed by atoms with Gasteiger partial charge in [0.05, 0.1) is 5.52 Å². The predicted molar refractivity (Wildman–Crippen MR) is 129 cm³/mol. The second-order valence-corrected chi connectivity index (χ2v) is 7.96. The third kappa shape index (κ3) is 5.04. The second-order valence-electron chi connectivity index (χ2n) is 7.96. The Bertz CT molecular complexity index is 996. The summed E-state index contributed by atoms with van der Waals surface area (Å²) in [6, 6.07) is 2.11. The van der Waals surface area contributed by atoms with E-state index in [4.69, 9.17) is 4.98 Å². The fourth-order valence-electron chi connectivity index (χ4n) is 3.69. The minimum Gasteiger partial charge on any atom is -0.258 e. The lowest BCUT2D eigenvalue weighted by Gasteiger charge is -2.17. The first-order chi connectivity index (χ1) is 13.5. The molecule has 0 bridgehead atoms. The molecule has 0 aliphatic rings. The first kappa shape index (κ1) is 24.8. The Morgan fingerprint density at radius 1 is 0.483 bits per heavy atom. The summed E-state index contributed by atoms with van der Waals surface area (Å²) in [4.78, 5) is 9.13. The van der Waals surface area contributed by atoms with Gasteiger partial charge in [0.1, 0.15) is 0 Å². The number of pyridine rings is 2. The van der Waals surface area contributed by atoms with Gasteiger partial charge in [0.15, 0.2) is 0 Å². The van der Waals surface area contributed by atoms with Gasteiger partial charge in [-0.3, -0.25) is 9.97 Å². The first-order valence-electron chi connectivity index (χ1n) is 10.7. The zero-order valence-electron chi connectivity index (χ0n) is 21.0. The molecule has 0 saturated carbocycles. The van der Waals surface area contributed by atoms with Crippen LogP contribution in [0.25, 0.3) is 10.9 Å². The fraction of sp³-hybridized carbons (Fsp3) is 0.481. The Kier molecular flexibility index (Phi) is 8.56. The van der Waals surface area contributed by atoms with E-state index in [9.17, 15) is 0 Å². The Hall–Kier alpha value is -2.22. The molecule has 0 aliphatic carbocycles. The summed E-state index contributed by atoms with van der Waals surface area (Å²) in [7, 11) is 0. The zero-order chi connectivity index (χ0) is 22.6. The van der Waals surface area contributed by atoms with Crippen LogP contribution in [0.5, 0.6) is 0 Å². The summed E-state index contributed by atoms with van der Waals surface area (Å²) in [5, 5.41) is 1.36. The van der Waals surface area contributed by atoms with Crippen LogP contribution in [0.15, 0.2) is 6.07 Å². The highest BCUT2D eigenvalue weighted by Crippen LogP contribution is 2.32. The summed E-state index contributed by atoms with van der Waals surface area (Å²) in [6.45, 7) is 27.6. The van der Waals surface area contributed by atoms with Crippen LogP contribution in [-0.2, 0) is 0 Å². The summed E-state index contributed by atoms with van der Waals surface area (Å²) >= 11 is 0. The van der Waals surface area contributed by atoms with Crippen molar-refractivity contribution in [3.63, 3.8) is 0 Å². The number of aromatic nitrogens is 2. The van der Waals surface area contributed by atoms with Gasteiger partial charge < -0.3 is 0 Å². The van der Waals surface area contributed by atoms with Gasteiger partial charge in [0.25, 0.3) is 0 Å². The van der Waals surface area contributed by atoms with E-state index in [0.717, 1.165) is 17.1 Å². The van der Waals surface area contributed by atoms with Gasteiger partial charge in [-0.25, -0.2) is 0 Å². The third-order valence-corrected chi connectivity index (χ3v) is 6.32. The van der Waals surface area contributed by atoms with Crippen molar-refractivity contribution < 1.29 is 0 Å². The number of hydrogen-bond acceptors (Lipinski definition) is 2. The highest BCUT2D eigenvalue weighted by atomic mass is 14.7. The molecule has 0 radical (unpaired) electrons. The molecule has 0 amide bonds. The maximum atomic E-state index is 4.80. The molecule has 0 unspecified atom stereocenters. The van der Waals surface area contributed by atoms with Crippen LogP contribution in [0.4, 0.5) is 0 Å². The van der Waals surface area contributed by atoms with E-state index in [1.807, 2.05) is 20.8 Å².